The van der Waals surface area contributed by atoms with Crippen molar-refractivity contribution >= 4 is 0 Å². The van der Waals surface area contributed by atoms with Crippen molar-refractivity contribution in [2.45, 2.75) is 41.5 Å². The molecule has 0 saturated carbocycles. The fourth-order valence-electron chi connectivity index (χ4n) is 0. The van der Waals surface area contributed by atoms with Gasteiger partial charge in [-0.05, 0) is 10.8 Å². The minimum absolute atomic E-state index is 0.182. The summed E-state index contributed by atoms with van der Waals surface area (Å²) in [6, 6.07) is 0. The molecule has 0 heteroatoms. The lowest BCUT2D eigenvalue weighted by atomic mass is 9.71. The highest BCUT2D eigenvalue weighted by molar-refractivity contribution is 4.76. The Kier molecular flexibility index (Phi) is 0.857. The van der Waals surface area contributed by atoms with Gasteiger partial charge in [0.15, 0.2) is 0 Å². The van der Waals surface area contributed by atoms with E-state index in [9.17, 15) is 0 Å². The van der Waals surface area contributed by atoms with Crippen LogP contribution in [0.3, 0.4) is 0 Å². The van der Waals surface area contributed by atoms with E-state index in [-0.39, 0.29) is 5.41 Å². The van der Waals surface area contributed by atoms with Crippen LogP contribution in [-0.2, 0) is 0 Å². The molecule has 0 atom stereocenters. The smallest absolute Gasteiger partial charge is 0.0236 e. The molecule has 0 aromatic heterocycles. The largest absolute Gasteiger partial charge is 0.0597 e. The van der Waals surface area contributed by atoms with Gasteiger partial charge in [0.05, 0.1) is 0 Å². The van der Waals surface area contributed by atoms with Crippen LogP contribution in [-0.4, -0.2) is 0 Å². The van der Waals surface area contributed by atoms with E-state index in [4.69, 9.17) is 4.11 Å². The highest BCUT2D eigenvalue weighted by atomic mass is 14.3. The van der Waals surface area contributed by atoms with Gasteiger partial charge in [0.25, 0.3) is 0 Å². The van der Waals surface area contributed by atoms with Crippen LogP contribution in [0.15, 0.2) is 0 Å². The summed E-state index contributed by atoms with van der Waals surface area (Å²) in [4.78, 5) is 0. The number of hydrogen-bond acceptors (Lipinski definition) is 0. The maximum absolute atomic E-state index is 7.32. The Balaban J connectivity index is 4.75. The Bertz CT molecular complexity index is 120. The lowest BCUT2D eigenvalue weighted by Crippen LogP contribution is -2.25. The van der Waals surface area contributed by atoms with Crippen molar-refractivity contribution in [3.05, 3.63) is 0 Å². The number of hydrogen-bond donors (Lipinski definition) is 0. The summed E-state index contributed by atoms with van der Waals surface area (Å²) in [6.07, 6.45) is 0. The molecule has 0 unspecified atom stereocenters. The second-order valence-electron chi connectivity index (χ2n) is 3.88. The van der Waals surface area contributed by atoms with Gasteiger partial charge in [0, 0.05) is 4.11 Å². The molecular weight excluding hydrogens is 96.1 g/mol. The highest BCUT2D eigenvalue weighted by Gasteiger charge is 2.26. The molecule has 0 heterocycles. The lowest BCUT2D eigenvalue weighted by molar-refractivity contribution is 0.157. The molecule has 0 saturated heterocycles. The van der Waals surface area contributed by atoms with E-state index in [1.165, 1.54) is 0 Å². The summed E-state index contributed by atoms with van der Waals surface area (Å²) < 4.78 is 22.0. The molecule has 0 aliphatic rings. The minimum atomic E-state index is -1.87. The Morgan fingerprint density at radius 2 is 1.25 bits per heavy atom. The summed E-state index contributed by atoms with van der Waals surface area (Å²) in [5, 5.41) is 0. The predicted molar refractivity (Wildman–Crippen MR) is 38.9 cm³/mol. The molecule has 8 heavy (non-hydrogen) atoms. The van der Waals surface area contributed by atoms with Crippen LogP contribution >= 0.6 is 0 Å². The third kappa shape index (κ3) is 1.85. The second-order valence-corrected chi connectivity index (χ2v) is 3.88. The van der Waals surface area contributed by atoms with E-state index >= 15 is 0 Å². The summed E-state index contributed by atoms with van der Waals surface area (Å²) >= 11 is 0. The summed E-state index contributed by atoms with van der Waals surface area (Å²) in [5.41, 5.74) is -0.807. The Morgan fingerprint density at radius 1 is 0.875 bits per heavy atom. The third-order valence-electron chi connectivity index (χ3n) is 1.88. The van der Waals surface area contributed by atoms with Crippen molar-refractivity contribution in [2.24, 2.45) is 10.8 Å². The van der Waals surface area contributed by atoms with E-state index in [0.717, 1.165) is 0 Å². The van der Waals surface area contributed by atoms with Gasteiger partial charge < -0.3 is 0 Å². The van der Waals surface area contributed by atoms with Gasteiger partial charge in [0.1, 0.15) is 0 Å². The van der Waals surface area contributed by atoms with Crippen molar-refractivity contribution in [3.63, 3.8) is 0 Å². The zero-order valence-corrected chi connectivity index (χ0v) is 6.50. The van der Waals surface area contributed by atoms with Crippen LogP contribution in [0.25, 0.3) is 0 Å². The molecule has 0 amide bonds. The molecule has 50 valence electrons. The monoisotopic (exact) mass is 117 g/mol. The predicted octanol–water partition coefficient (Wildman–Crippen LogP) is 3.08. The van der Waals surface area contributed by atoms with Gasteiger partial charge in [-0.2, -0.15) is 0 Å². The van der Waals surface area contributed by atoms with E-state index in [2.05, 4.69) is 0 Å². The average Bonchev–Trinajstić information content (AvgIpc) is 1.58. The van der Waals surface area contributed by atoms with Crippen molar-refractivity contribution in [2.75, 3.05) is 0 Å². The van der Waals surface area contributed by atoms with Crippen LogP contribution < -0.4 is 0 Å². The van der Waals surface area contributed by atoms with Crippen LogP contribution in [0.1, 0.15) is 45.6 Å². The van der Waals surface area contributed by atoms with Crippen molar-refractivity contribution < 1.29 is 4.11 Å². The molecular formula is C8H18. The Morgan fingerprint density at radius 3 is 1.25 bits per heavy atom. The van der Waals surface area contributed by atoms with Gasteiger partial charge in [-0.25, -0.2) is 0 Å². The lowest BCUT2D eigenvalue weighted by Gasteiger charge is -2.34. The van der Waals surface area contributed by atoms with Crippen LogP contribution in [0.5, 0.6) is 0 Å². The molecule has 0 rings (SSSR count). The summed E-state index contributed by atoms with van der Waals surface area (Å²) in [5.74, 6) is 0. The fraction of sp³-hybridized carbons (Fsp3) is 1.00. The molecule has 0 aliphatic heterocycles. The average molecular weight is 117 g/mol. The van der Waals surface area contributed by atoms with E-state index in [0.29, 0.717) is 0 Å². The van der Waals surface area contributed by atoms with Crippen LogP contribution in [0, 0.1) is 10.8 Å². The summed E-state index contributed by atoms with van der Waals surface area (Å²) in [7, 11) is 0. The SMILES string of the molecule is [2H]C([2H])([2H])C(C)(C)C(C)(C)C. The standard InChI is InChI=1S/C8H18/c1-7(2,3)8(4,5)6/h1-6H3/i1D3. The Hall–Kier alpha value is 0. The third-order valence-corrected chi connectivity index (χ3v) is 1.88. The van der Waals surface area contributed by atoms with Crippen molar-refractivity contribution in [1.82, 2.24) is 0 Å². The molecule has 0 radical (unpaired) electrons. The first-order chi connectivity index (χ1) is 4.50. The number of rotatable bonds is 0. The van der Waals surface area contributed by atoms with Gasteiger partial charge >= 0.3 is 0 Å². The van der Waals surface area contributed by atoms with E-state index < -0.39 is 12.3 Å². The van der Waals surface area contributed by atoms with Crippen LogP contribution in [0.4, 0.5) is 0 Å². The molecule has 0 aliphatic carbocycles. The Labute approximate surface area is 57.5 Å². The highest BCUT2D eigenvalue weighted by Crippen LogP contribution is 2.36. The van der Waals surface area contributed by atoms with Gasteiger partial charge in [-0.1, -0.05) is 41.5 Å². The minimum Gasteiger partial charge on any atom is -0.0597 e. The zero-order valence-electron chi connectivity index (χ0n) is 9.50. The first kappa shape index (κ1) is 3.92. The van der Waals surface area contributed by atoms with E-state index in [1.807, 2.05) is 20.8 Å². The van der Waals surface area contributed by atoms with Gasteiger partial charge in [-0.3, -0.25) is 0 Å². The maximum atomic E-state index is 7.32. The van der Waals surface area contributed by atoms with E-state index in [1.54, 1.807) is 13.8 Å². The zero-order chi connectivity index (χ0) is 9.50. The molecule has 0 aromatic carbocycles. The maximum Gasteiger partial charge on any atom is 0.0236 e. The normalized spacial score (nSPS) is 21.4. The quantitative estimate of drug-likeness (QED) is 0.457. The topological polar surface area (TPSA) is 0 Å². The van der Waals surface area contributed by atoms with Crippen LogP contribution in [0.2, 0.25) is 0 Å². The van der Waals surface area contributed by atoms with Crippen molar-refractivity contribution in [1.29, 1.82) is 0 Å². The summed E-state index contributed by atoms with van der Waals surface area (Å²) in [6.45, 7) is 7.59. The molecule has 0 nitrogen and oxygen atoms in total. The molecule has 0 bridgehead atoms. The molecule has 0 N–H and O–H groups in total. The molecule has 0 aromatic rings. The first-order valence-corrected chi connectivity index (χ1v) is 3.00. The fourth-order valence-corrected chi connectivity index (χ4v) is 0. The van der Waals surface area contributed by atoms with Gasteiger partial charge in [0.2, 0.25) is 0 Å². The second kappa shape index (κ2) is 1.75. The first-order valence-electron chi connectivity index (χ1n) is 4.50. The van der Waals surface area contributed by atoms with Crippen molar-refractivity contribution in [3.8, 4) is 0 Å². The van der Waals surface area contributed by atoms with Gasteiger partial charge in [-0.15, -0.1) is 0 Å². The molecule has 0 spiro atoms. The molecule has 0 fully saturated rings.